The van der Waals surface area contributed by atoms with Crippen molar-refractivity contribution < 1.29 is 27.1 Å². The number of nitrogens with zero attached hydrogens (tertiary/aromatic N) is 1. The van der Waals surface area contributed by atoms with Crippen LogP contribution in [0.5, 0.6) is 0 Å². The molecular formula is C34H51NO6SSi. The van der Waals surface area contributed by atoms with Crippen molar-refractivity contribution in [2.45, 2.75) is 122 Å². The predicted octanol–water partition coefficient (Wildman–Crippen LogP) is 8.48. The van der Waals surface area contributed by atoms with Crippen LogP contribution < -0.4 is 0 Å². The Morgan fingerprint density at radius 2 is 1.51 bits per heavy atom. The Morgan fingerprint density at radius 1 is 0.930 bits per heavy atom. The van der Waals surface area contributed by atoms with E-state index in [1.807, 2.05) is 58.0 Å². The van der Waals surface area contributed by atoms with Gasteiger partial charge in [-0.3, -0.25) is 4.90 Å². The van der Waals surface area contributed by atoms with E-state index in [4.69, 9.17) is 13.9 Å². The second kappa shape index (κ2) is 14.1. The number of rotatable bonds is 11. The van der Waals surface area contributed by atoms with Crippen LogP contribution in [0.15, 0.2) is 76.2 Å². The van der Waals surface area contributed by atoms with E-state index in [0.717, 1.165) is 12.0 Å². The van der Waals surface area contributed by atoms with Crippen molar-refractivity contribution in [2.24, 2.45) is 0 Å². The molecule has 1 amide bonds. The van der Waals surface area contributed by atoms with Crippen molar-refractivity contribution in [2.75, 3.05) is 6.61 Å². The van der Waals surface area contributed by atoms with Crippen molar-refractivity contribution in [1.29, 1.82) is 0 Å². The molecule has 7 nitrogen and oxygen atoms in total. The van der Waals surface area contributed by atoms with E-state index in [1.54, 1.807) is 35.2 Å². The van der Waals surface area contributed by atoms with Gasteiger partial charge in [-0.1, -0.05) is 69.3 Å². The summed E-state index contributed by atoms with van der Waals surface area (Å²) in [6, 6.07) is 18.0. The number of hydrogen-bond donors (Lipinski definition) is 0. The van der Waals surface area contributed by atoms with Gasteiger partial charge in [-0.05, 0) is 82.8 Å². The maximum atomic E-state index is 14.3. The maximum absolute atomic E-state index is 14.3. The average Bonchev–Trinajstić information content (AvgIpc) is 2.91. The van der Waals surface area contributed by atoms with Crippen LogP contribution in [0, 0.1) is 0 Å². The van der Waals surface area contributed by atoms with Gasteiger partial charge in [0.15, 0.2) is 8.32 Å². The molecule has 2 aromatic carbocycles. The van der Waals surface area contributed by atoms with Gasteiger partial charge in [-0.2, -0.15) is 0 Å². The molecule has 3 rings (SSSR count). The van der Waals surface area contributed by atoms with Gasteiger partial charge in [-0.25, -0.2) is 13.2 Å². The maximum Gasteiger partial charge on any atom is 0.414 e. The second-order valence-corrected chi connectivity index (χ2v) is 20.6. The summed E-state index contributed by atoms with van der Waals surface area (Å²) in [7, 11) is -6.23. The Balaban J connectivity index is 2.00. The van der Waals surface area contributed by atoms with Crippen molar-refractivity contribution in [3.63, 3.8) is 0 Å². The van der Waals surface area contributed by atoms with Crippen LogP contribution in [0.3, 0.4) is 0 Å². The topological polar surface area (TPSA) is 82.1 Å². The third kappa shape index (κ3) is 9.27. The highest BCUT2D eigenvalue weighted by Crippen LogP contribution is 2.43. The minimum absolute atomic E-state index is 0.0916. The molecule has 1 heterocycles. The first kappa shape index (κ1) is 35.0. The monoisotopic (exact) mass is 629 g/mol. The standard InChI is InChI=1S/C34H51NO6SSi/c1-26-30(41-43(8,9)34(5,6)7)24-31(42(37,38)28-20-14-11-15-21-28)29(35(26)32(36)40-33(2,3)4)22-16-17-23-39-25-27-18-12-10-13-19-27/h10-15,18-21,26,30H,16-17,22-25H2,1-9H3/t26-,30+/m0/s1. The van der Waals surface area contributed by atoms with Crippen molar-refractivity contribution in [1.82, 2.24) is 4.90 Å². The van der Waals surface area contributed by atoms with Gasteiger partial charge in [0.2, 0.25) is 9.84 Å². The van der Waals surface area contributed by atoms with Crippen LogP contribution in [-0.4, -0.2) is 52.1 Å². The number of ether oxygens (including phenoxy) is 2. The van der Waals surface area contributed by atoms with Gasteiger partial charge in [0.25, 0.3) is 0 Å². The molecule has 9 heteroatoms. The lowest BCUT2D eigenvalue weighted by Crippen LogP contribution is -2.55. The van der Waals surface area contributed by atoms with Gasteiger partial charge in [-0.15, -0.1) is 0 Å². The van der Waals surface area contributed by atoms with Crippen LogP contribution >= 0.6 is 0 Å². The first-order valence-corrected chi connectivity index (χ1v) is 19.7. The smallest absolute Gasteiger partial charge is 0.414 e. The summed E-state index contributed by atoms with van der Waals surface area (Å²) in [4.78, 5) is 15.9. The fraction of sp³-hybridized carbons (Fsp3) is 0.559. The average molecular weight is 630 g/mol. The quantitative estimate of drug-likeness (QED) is 0.183. The van der Waals surface area contributed by atoms with E-state index in [-0.39, 0.29) is 21.3 Å². The van der Waals surface area contributed by atoms with E-state index >= 15 is 0 Å². The highest BCUT2D eigenvalue weighted by atomic mass is 32.2. The summed E-state index contributed by atoms with van der Waals surface area (Å²) in [5.74, 6) is 0. The summed E-state index contributed by atoms with van der Waals surface area (Å²) in [6.07, 6.45) is 0.906. The van der Waals surface area contributed by atoms with Gasteiger partial charge in [0.1, 0.15) is 5.60 Å². The lowest BCUT2D eigenvalue weighted by atomic mass is 9.99. The van der Waals surface area contributed by atoms with E-state index in [1.165, 1.54) is 0 Å². The highest BCUT2D eigenvalue weighted by molar-refractivity contribution is 7.95. The summed E-state index contributed by atoms with van der Waals surface area (Å²) in [6.45, 7) is 19.2. The van der Waals surface area contributed by atoms with Crippen LogP contribution in [0.2, 0.25) is 18.1 Å². The molecule has 43 heavy (non-hydrogen) atoms. The zero-order chi connectivity index (χ0) is 32.1. The lowest BCUT2D eigenvalue weighted by Gasteiger charge is -2.46. The fourth-order valence-corrected chi connectivity index (χ4v) is 7.91. The SMILES string of the molecule is C[C@H]1[C@H](O[Si](C)(C)C(C)(C)C)CC(S(=O)(=O)c2ccccc2)=C(CCCCOCc2ccccc2)N1C(=O)OC(C)(C)C. The number of carbonyl (C=O) groups is 1. The number of hydrogen-bond acceptors (Lipinski definition) is 6. The van der Waals surface area contributed by atoms with Crippen molar-refractivity contribution >= 4 is 24.2 Å². The molecule has 0 unspecified atom stereocenters. The molecule has 0 aromatic heterocycles. The Labute approximate surface area is 260 Å². The number of carbonyl (C=O) groups excluding carboxylic acids is 1. The van der Waals surface area contributed by atoms with E-state index in [0.29, 0.717) is 31.8 Å². The molecule has 0 radical (unpaired) electrons. The van der Waals surface area contributed by atoms with Crippen LogP contribution in [0.1, 0.15) is 79.7 Å². The molecule has 1 aliphatic heterocycles. The normalized spacial score (nSPS) is 18.6. The highest BCUT2D eigenvalue weighted by Gasteiger charge is 2.47. The van der Waals surface area contributed by atoms with Crippen LogP contribution in [0.4, 0.5) is 4.79 Å². The summed E-state index contributed by atoms with van der Waals surface area (Å²) in [5.41, 5.74) is 0.842. The molecule has 2 aromatic rings. The molecule has 2 atom stereocenters. The van der Waals surface area contributed by atoms with Gasteiger partial charge in [0.05, 0.1) is 28.6 Å². The number of allylic oxidation sites excluding steroid dienone is 1. The first-order chi connectivity index (χ1) is 19.9. The summed E-state index contributed by atoms with van der Waals surface area (Å²) >= 11 is 0. The Kier molecular flexibility index (Phi) is 11.5. The number of unbranched alkanes of at least 4 members (excludes halogenated alkanes) is 1. The summed E-state index contributed by atoms with van der Waals surface area (Å²) < 4.78 is 47.1. The molecule has 0 saturated carbocycles. The van der Waals surface area contributed by atoms with Gasteiger partial charge in [0, 0.05) is 18.7 Å². The number of amides is 1. The number of sulfone groups is 1. The molecule has 0 N–H and O–H groups in total. The van der Waals surface area contributed by atoms with Gasteiger partial charge < -0.3 is 13.9 Å². The van der Waals surface area contributed by atoms with Gasteiger partial charge >= 0.3 is 6.09 Å². The summed E-state index contributed by atoms with van der Waals surface area (Å²) in [5, 5.41) is -0.0916. The molecule has 0 fully saturated rings. The molecule has 238 valence electrons. The Morgan fingerprint density at radius 3 is 2.07 bits per heavy atom. The first-order valence-electron chi connectivity index (χ1n) is 15.3. The van der Waals surface area contributed by atoms with Crippen molar-refractivity contribution in [3.05, 3.63) is 76.8 Å². The zero-order valence-electron chi connectivity index (χ0n) is 27.5. The van der Waals surface area contributed by atoms with E-state index in [9.17, 15) is 13.2 Å². The predicted molar refractivity (Wildman–Crippen MR) is 175 cm³/mol. The minimum Gasteiger partial charge on any atom is -0.443 e. The molecule has 0 saturated heterocycles. The second-order valence-electron chi connectivity index (χ2n) is 13.9. The molecular weight excluding hydrogens is 579 g/mol. The van der Waals surface area contributed by atoms with E-state index in [2.05, 4.69) is 33.9 Å². The largest absolute Gasteiger partial charge is 0.443 e. The molecule has 0 bridgehead atoms. The Bertz CT molecular complexity index is 1340. The van der Waals surface area contributed by atoms with E-state index < -0.39 is 42.0 Å². The lowest BCUT2D eigenvalue weighted by molar-refractivity contribution is 0.00459. The molecule has 0 spiro atoms. The Hall–Kier alpha value is -2.46. The zero-order valence-corrected chi connectivity index (χ0v) is 29.3. The minimum atomic E-state index is -3.92. The fourth-order valence-electron chi connectivity index (χ4n) is 4.83. The molecule has 0 aliphatic carbocycles. The molecule has 1 aliphatic rings. The third-order valence-corrected chi connectivity index (χ3v) is 14.7. The van der Waals surface area contributed by atoms with Crippen LogP contribution in [-0.2, 0) is 30.3 Å². The van der Waals surface area contributed by atoms with Crippen molar-refractivity contribution in [3.8, 4) is 0 Å². The third-order valence-electron chi connectivity index (χ3n) is 8.23. The van der Waals surface area contributed by atoms with Crippen LogP contribution in [0.25, 0.3) is 0 Å². The number of benzene rings is 2.